The summed E-state index contributed by atoms with van der Waals surface area (Å²) in [5.41, 5.74) is 0.754. The molecule has 1 heterocycles. The second kappa shape index (κ2) is 5.88. The highest BCUT2D eigenvalue weighted by Crippen LogP contribution is 2.29. The maximum atomic E-state index is 11.5. The van der Waals surface area contributed by atoms with E-state index in [1.165, 1.54) is 0 Å². The van der Waals surface area contributed by atoms with Crippen molar-refractivity contribution in [3.63, 3.8) is 0 Å². The van der Waals surface area contributed by atoms with Gasteiger partial charge in [-0.3, -0.25) is 4.79 Å². The van der Waals surface area contributed by atoms with E-state index in [-0.39, 0.29) is 11.8 Å². The Kier molecular flexibility index (Phi) is 4.45. The van der Waals surface area contributed by atoms with Crippen LogP contribution in [0.5, 0.6) is 5.75 Å². The molecule has 0 bridgehead atoms. The molecule has 18 heavy (non-hydrogen) atoms. The Hall–Kier alpha value is -0.820. The molecule has 98 valence electrons. The first-order valence-electron chi connectivity index (χ1n) is 6.04. The molecule has 1 fully saturated rings. The third kappa shape index (κ3) is 2.95. The minimum atomic E-state index is -0.809. The molecule has 1 saturated heterocycles. The van der Waals surface area contributed by atoms with E-state index < -0.39 is 11.9 Å². The highest BCUT2D eigenvalue weighted by atomic mass is 127. The molecule has 0 aromatic heterocycles. The summed E-state index contributed by atoms with van der Waals surface area (Å²) in [4.78, 5) is 11.5. The van der Waals surface area contributed by atoms with Gasteiger partial charge in [-0.05, 0) is 59.7 Å². The van der Waals surface area contributed by atoms with Crippen LogP contribution in [0.15, 0.2) is 18.2 Å². The second-order valence-corrected chi connectivity index (χ2v) is 5.75. The van der Waals surface area contributed by atoms with E-state index in [0.717, 1.165) is 31.4 Å². The maximum absolute atomic E-state index is 11.5. The number of carboxylic acids is 1. The van der Waals surface area contributed by atoms with Crippen LogP contribution in [0.25, 0.3) is 0 Å². The molecule has 0 saturated carbocycles. The molecule has 4 nitrogen and oxygen atoms in total. The Labute approximate surface area is 120 Å². The first kappa shape index (κ1) is 13.6. The zero-order valence-corrected chi connectivity index (χ0v) is 12.1. The molecule has 1 aliphatic heterocycles. The van der Waals surface area contributed by atoms with Gasteiger partial charge in [0.1, 0.15) is 5.75 Å². The van der Waals surface area contributed by atoms with Gasteiger partial charge in [-0.15, -0.1) is 0 Å². The van der Waals surface area contributed by atoms with Gasteiger partial charge in [-0.2, -0.15) is 0 Å². The molecule has 1 aromatic rings. The van der Waals surface area contributed by atoms with Gasteiger partial charge in [0.15, 0.2) is 0 Å². The number of benzene rings is 1. The molecule has 1 aromatic carbocycles. The summed E-state index contributed by atoms with van der Waals surface area (Å²) in [6.07, 6.45) is 3.06. The van der Waals surface area contributed by atoms with E-state index in [1.807, 2.05) is 22.6 Å². The van der Waals surface area contributed by atoms with Crippen LogP contribution in [0.1, 0.15) is 30.7 Å². The van der Waals surface area contributed by atoms with Crippen molar-refractivity contribution in [2.45, 2.75) is 31.2 Å². The van der Waals surface area contributed by atoms with E-state index in [4.69, 9.17) is 0 Å². The Morgan fingerprint density at radius 2 is 2.22 bits per heavy atom. The quantitative estimate of drug-likeness (QED) is 0.723. The van der Waals surface area contributed by atoms with Crippen LogP contribution in [0, 0.1) is 3.57 Å². The number of rotatable bonds is 3. The summed E-state index contributed by atoms with van der Waals surface area (Å²) in [5, 5.41) is 22.2. The van der Waals surface area contributed by atoms with E-state index in [2.05, 4.69) is 5.32 Å². The first-order chi connectivity index (χ1) is 8.59. The lowest BCUT2D eigenvalue weighted by atomic mass is 9.86. The summed E-state index contributed by atoms with van der Waals surface area (Å²) >= 11 is 2.01. The normalized spacial score (nSPS) is 21.5. The van der Waals surface area contributed by atoms with Gasteiger partial charge in [0, 0.05) is 6.04 Å². The third-order valence-corrected chi connectivity index (χ3v) is 4.21. The van der Waals surface area contributed by atoms with E-state index in [0.29, 0.717) is 3.57 Å². The standard InChI is InChI=1S/C13H16INO3/c14-9-7-8(4-5-11(9)16)12(13(17)18)10-3-1-2-6-15-10/h4-5,7,10,12,15-16H,1-3,6H2,(H,17,18). The monoisotopic (exact) mass is 361 g/mol. The number of halogens is 1. The predicted octanol–water partition coefficient (Wildman–Crippen LogP) is 2.31. The van der Waals surface area contributed by atoms with Crippen LogP contribution in [-0.4, -0.2) is 28.8 Å². The van der Waals surface area contributed by atoms with Crippen LogP contribution in [0.2, 0.25) is 0 Å². The molecule has 2 unspecified atom stereocenters. The highest BCUT2D eigenvalue weighted by Gasteiger charge is 2.30. The summed E-state index contributed by atoms with van der Waals surface area (Å²) < 4.78 is 0.687. The molecule has 0 amide bonds. The van der Waals surface area contributed by atoms with Gasteiger partial charge in [0.2, 0.25) is 0 Å². The van der Waals surface area contributed by atoms with E-state index in [9.17, 15) is 15.0 Å². The lowest BCUT2D eigenvalue weighted by molar-refractivity contribution is -0.139. The number of carbonyl (C=O) groups is 1. The summed E-state index contributed by atoms with van der Waals surface area (Å²) in [6, 6.07) is 5.00. The molecule has 2 atom stereocenters. The Morgan fingerprint density at radius 1 is 1.44 bits per heavy atom. The smallest absolute Gasteiger partial charge is 0.312 e. The van der Waals surface area contributed by atoms with E-state index >= 15 is 0 Å². The number of piperidine rings is 1. The van der Waals surface area contributed by atoms with Crippen molar-refractivity contribution < 1.29 is 15.0 Å². The molecular weight excluding hydrogens is 345 g/mol. The minimum Gasteiger partial charge on any atom is -0.507 e. The number of phenolic OH excluding ortho intramolecular Hbond substituents is 1. The van der Waals surface area contributed by atoms with Gasteiger partial charge in [0.05, 0.1) is 9.49 Å². The van der Waals surface area contributed by atoms with Crippen LogP contribution in [0.3, 0.4) is 0 Å². The number of phenols is 1. The number of hydrogen-bond acceptors (Lipinski definition) is 3. The first-order valence-corrected chi connectivity index (χ1v) is 7.12. The van der Waals surface area contributed by atoms with Gasteiger partial charge in [0.25, 0.3) is 0 Å². The van der Waals surface area contributed by atoms with E-state index in [1.54, 1.807) is 18.2 Å². The summed E-state index contributed by atoms with van der Waals surface area (Å²) in [5.74, 6) is -1.16. The third-order valence-electron chi connectivity index (χ3n) is 3.35. The van der Waals surface area contributed by atoms with Gasteiger partial charge >= 0.3 is 5.97 Å². The summed E-state index contributed by atoms with van der Waals surface area (Å²) in [6.45, 7) is 0.879. The zero-order valence-electron chi connectivity index (χ0n) is 9.90. The van der Waals surface area contributed by atoms with Gasteiger partial charge in [-0.1, -0.05) is 12.5 Å². The molecule has 1 aliphatic rings. The fraction of sp³-hybridized carbons (Fsp3) is 0.462. The largest absolute Gasteiger partial charge is 0.507 e. The minimum absolute atomic E-state index is 0.0170. The van der Waals surface area contributed by atoms with Gasteiger partial charge in [-0.25, -0.2) is 0 Å². The second-order valence-electron chi connectivity index (χ2n) is 4.58. The average molecular weight is 361 g/mol. The van der Waals surface area contributed by atoms with Gasteiger partial charge < -0.3 is 15.5 Å². The fourth-order valence-corrected chi connectivity index (χ4v) is 2.97. The van der Waals surface area contributed by atoms with Crippen LogP contribution >= 0.6 is 22.6 Å². The number of carboxylic acid groups (broad SMARTS) is 1. The molecule has 0 spiro atoms. The van der Waals surface area contributed by atoms with Crippen molar-refractivity contribution in [3.05, 3.63) is 27.3 Å². The van der Waals surface area contributed by atoms with Crippen molar-refractivity contribution in [2.75, 3.05) is 6.54 Å². The fourth-order valence-electron chi connectivity index (χ4n) is 2.43. The lowest BCUT2D eigenvalue weighted by Crippen LogP contribution is -2.41. The average Bonchev–Trinajstić information content (AvgIpc) is 2.35. The Balaban J connectivity index is 2.28. The SMILES string of the molecule is O=C(O)C(c1ccc(O)c(I)c1)C1CCCCN1. The lowest BCUT2D eigenvalue weighted by Gasteiger charge is -2.29. The van der Waals surface area contributed by atoms with Crippen molar-refractivity contribution in [1.82, 2.24) is 5.32 Å². The van der Waals surface area contributed by atoms with Crippen LogP contribution in [-0.2, 0) is 4.79 Å². The van der Waals surface area contributed by atoms with Crippen LogP contribution < -0.4 is 5.32 Å². The summed E-state index contributed by atoms with van der Waals surface area (Å²) in [7, 11) is 0. The topological polar surface area (TPSA) is 69.6 Å². The molecule has 0 radical (unpaired) electrons. The maximum Gasteiger partial charge on any atom is 0.312 e. The van der Waals surface area contributed by atoms with Crippen molar-refractivity contribution in [1.29, 1.82) is 0 Å². The number of aliphatic carboxylic acids is 1. The Bertz CT molecular complexity index is 444. The van der Waals surface area contributed by atoms with Crippen molar-refractivity contribution in [2.24, 2.45) is 0 Å². The molecule has 5 heteroatoms. The molecule has 2 rings (SSSR count). The predicted molar refractivity (Wildman–Crippen MR) is 76.8 cm³/mol. The van der Waals surface area contributed by atoms with Crippen LogP contribution in [0.4, 0.5) is 0 Å². The molecule has 3 N–H and O–H groups in total. The van der Waals surface area contributed by atoms with Crippen molar-refractivity contribution >= 4 is 28.6 Å². The Morgan fingerprint density at radius 3 is 2.78 bits per heavy atom. The number of nitrogens with one attached hydrogen (secondary N) is 1. The highest BCUT2D eigenvalue weighted by molar-refractivity contribution is 14.1. The number of aromatic hydroxyl groups is 1. The van der Waals surface area contributed by atoms with Crippen molar-refractivity contribution in [3.8, 4) is 5.75 Å². The molecule has 0 aliphatic carbocycles. The zero-order chi connectivity index (χ0) is 13.1. The number of hydrogen-bond donors (Lipinski definition) is 3. The molecular formula is C13H16INO3.